The zero-order chi connectivity index (χ0) is 25.5. The first-order valence-corrected chi connectivity index (χ1v) is 15.6. The van der Waals surface area contributed by atoms with Crippen LogP contribution in [0, 0.1) is 0 Å². The summed E-state index contributed by atoms with van der Waals surface area (Å²) in [4.78, 5) is 14.3. The van der Waals surface area contributed by atoms with Gasteiger partial charge in [-0.15, -0.1) is 0 Å². The van der Waals surface area contributed by atoms with E-state index in [0.29, 0.717) is 18.0 Å². The van der Waals surface area contributed by atoms with E-state index in [1.165, 1.54) is 5.56 Å². The highest BCUT2D eigenvalue weighted by Gasteiger charge is 2.36. The van der Waals surface area contributed by atoms with Gasteiger partial charge in [-0.2, -0.15) is 0 Å². The van der Waals surface area contributed by atoms with Gasteiger partial charge < -0.3 is 23.5 Å². The number of carbonyl (C=O) groups excluding carboxylic acids is 1. The highest BCUT2D eigenvalue weighted by atomic mass is 28.4. The maximum Gasteiger partial charge on any atom is 0.409 e. The predicted octanol–water partition coefficient (Wildman–Crippen LogP) is 6.52. The fourth-order valence-corrected chi connectivity index (χ4v) is 5.44. The number of carbonyl (C=O) groups is 1. The third-order valence-electron chi connectivity index (χ3n) is 6.45. The molecule has 190 valence electrons. The van der Waals surface area contributed by atoms with Crippen molar-refractivity contribution in [1.82, 2.24) is 4.90 Å². The van der Waals surface area contributed by atoms with Crippen molar-refractivity contribution in [1.29, 1.82) is 0 Å². The van der Waals surface area contributed by atoms with Crippen LogP contribution in [-0.2, 0) is 21.2 Å². The zero-order valence-electron chi connectivity index (χ0n) is 21.9. The van der Waals surface area contributed by atoms with Crippen LogP contribution in [0.2, 0.25) is 19.6 Å². The van der Waals surface area contributed by atoms with Gasteiger partial charge in [-0.05, 0) is 68.2 Å². The lowest BCUT2D eigenvalue weighted by molar-refractivity contribution is 0.101. The third-order valence-corrected chi connectivity index (χ3v) is 7.32. The van der Waals surface area contributed by atoms with Crippen LogP contribution in [0.25, 0.3) is 0 Å². The SMILES string of the molecule is COc1ccc(C2(CCN(C)C(=O)OCc3ccccc3)CC=C(O[Si](C)(C)C)CC2)cc1OC. The summed E-state index contributed by atoms with van der Waals surface area (Å²) in [7, 11) is 3.44. The zero-order valence-corrected chi connectivity index (χ0v) is 22.9. The van der Waals surface area contributed by atoms with Crippen molar-refractivity contribution < 1.29 is 23.4 Å². The van der Waals surface area contributed by atoms with Crippen molar-refractivity contribution >= 4 is 14.4 Å². The fourth-order valence-electron chi connectivity index (χ4n) is 4.46. The van der Waals surface area contributed by atoms with Gasteiger partial charge in [0.15, 0.2) is 11.5 Å². The normalized spacial score (nSPS) is 17.8. The van der Waals surface area contributed by atoms with Crippen molar-refractivity contribution in [3.05, 3.63) is 71.5 Å². The number of amides is 1. The lowest BCUT2D eigenvalue weighted by Crippen LogP contribution is -2.37. The lowest BCUT2D eigenvalue weighted by atomic mass is 9.69. The van der Waals surface area contributed by atoms with E-state index in [9.17, 15) is 4.79 Å². The molecule has 1 aliphatic carbocycles. The smallest absolute Gasteiger partial charge is 0.409 e. The van der Waals surface area contributed by atoms with E-state index in [1.807, 2.05) is 36.4 Å². The summed E-state index contributed by atoms with van der Waals surface area (Å²) in [5.74, 6) is 2.52. The molecule has 0 fully saturated rings. The number of allylic oxidation sites excluding steroid dienone is 2. The van der Waals surface area contributed by atoms with Crippen LogP contribution >= 0.6 is 0 Å². The molecule has 0 N–H and O–H groups in total. The molecule has 0 aromatic heterocycles. The average Bonchev–Trinajstić information content (AvgIpc) is 2.86. The molecular formula is C28H39NO5Si. The van der Waals surface area contributed by atoms with Crippen LogP contribution in [0.5, 0.6) is 11.5 Å². The molecule has 0 radical (unpaired) electrons. The van der Waals surface area contributed by atoms with Crippen LogP contribution in [0.1, 0.15) is 36.8 Å². The Kier molecular flexibility index (Phi) is 8.89. The highest BCUT2D eigenvalue weighted by Crippen LogP contribution is 2.44. The maximum absolute atomic E-state index is 12.7. The minimum Gasteiger partial charge on any atom is -0.548 e. The second kappa shape index (κ2) is 11.7. The average molecular weight is 498 g/mol. The highest BCUT2D eigenvalue weighted by molar-refractivity contribution is 6.70. The standard InChI is InChI=1S/C28H39NO5Si/c1-29(27(30)33-21-22-10-8-7-9-11-22)19-18-28(16-14-24(15-17-28)34-35(4,5)6)23-12-13-25(31-2)26(20-23)32-3/h7-14,20H,15-19,21H2,1-6H3. The van der Waals surface area contributed by atoms with E-state index < -0.39 is 8.32 Å². The number of ether oxygens (including phenoxy) is 3. The van der Waals surface area contributed by atoms with Gasteiger partial charge in [0.25, 0.3) is 0 Å². The van der Waals surface area contributed by atoms with Crippen molar-refractivity contribution in [3.63, 3.8) is 0 Å². The van der Waals surface area contributed by atoms with Crippen molar-refractivity contribution in [2.24, 2.45) is 0 Å². The number of methoxy groups -OCH3 is 2. The number of rotatable bonds is 10. The Bertz CT molecular complexity index is 1020. The van der Waals surface area contributed by atoms with Gasteiger partial charge >= 0.3 is 6.09 Å². The molecule has 1 amide bonds. The van der Waals surface area contributed by atoms with Crippen LogP contribution < -0.4 is 9.47 Å². The molecule has 2 aromatic carbocycles. The molecule has 1 atom stereocenters. The largest absolute Gasteiger partial charge is 0.548 e. The summed E-state index contributed by atoms with van der Waals surface area (Å²) in [6.45, 7) is 7.48. The van der Waals surface area contributed by atoms with E-state index in [0.717, 1.165) is 37.0 Å². The van der Waals surface area contributed by atoms with Crippen LogP contribution in [-0.4, -0.2) is 47.1 Å². The molecule has 0 saturated carbocycles. The maximum atomic E-state index is 12.7. The van der Waals surface area contributed by atoms with Crippen molar-refractivity contribution in [2.45, 2.75) is 57.3 Å². The van der Waals surface area contributed by atoms with Gasteiger partial charge in [-0.25, -0.2) is 4.79 Å². The first-order valence-electron chi connectivity index (χ1n) is 12.2. The topological polar surface area (TPSA) is 57.2 Å². The van der Waals surface area contributed by atoms with Gasteiger partial charge in [-0.1, -0.05) is 36.4 Å². The molecule has 0 saturated heterocycles. The Balaban J connectivity index is 1.75. The Morgan fingerprint density at radius 1 is 1.03 bits per heavy atom. The van der Waals surface area contributed by atoms with E-state index in [1.54, 1.807) is 26.2 Å². The summed E-state index contributed by atoms with van der Waals surface area (Å²) in [6.07, 6.45) is 5.38. The van der Waals surface area contributed by atoms with Gasteiger partial charge in [0.2, 0.25) is 8.32 Å². The molecule has 0 aliphatic heterocycles. The molecule has 0 heterocycles. The van der Waals surface area contributed by atoms with Crippen molar-refractivity contribution in [3.8, 4) is 11.5 Å². The summed E-state index contributed by atoms with van der Waals surface area (Å²) in [5.41, 5.74) is 2.02. The number of hydrogen-bond acceptors (Lipinski definition) is 5. The molecule has 1 aliphatic rings. The van der Waals surface area contributed by atoms with E-state index in [-0.39, 0.29) is 18.1 Å². The van der Waals surface area contributed by atoms with E-state index >= 15 is 0 Å². The van der Waals surface area contributed by atoms with E-state index in [2.05, 4.69) is 37.8 Å². The Morgan fingerprint density at radius 3 is 2.34 bits per heavy atom. The van der Waals surface area contributed by atoms with Gasteiger partial charge in [0, 0.05) is 25.4 Å². The minimum atomic E-state index is -1.66. The fraction of sp³-hybridized carbons (Fsp3) is 0.464. The van der Waals surface area contributed by atoms with Gasteiger partial charge in [-0.3, -0.25) is 0 Å². The first-order chi connectivity index (χ1) is 16.7. The second-order valence-corrected chi connectivity index (χ2v) is 14.6. The van der Waals surface area contributed by atoms with E-state index in [4.69, 9.17) is 18.6 Å². The van der Waals surface area contributed by atoms with Crippen molar-refractivity contribution in [2.75, 3.05) is 27.8 Å². The molecule has 6 nitrogen and oxygen atoms in total. The summed E-state index contributed by atoms with van der Waals surface area (Å²) in [5, 5.41) is 0. The van der Waals surface area contributed by atoms with Crippen LogP contribution in [0.15, 0.2) is 60.4 Å². The Hall–Kier alpha value is -2.93. The second-order valence-electron chi connectivity index (χ2n) is 10.2. The minimum absolute atomic E-state index is 0.139. The van der Waals surface area contributed by atoms with Gasteiger partial charge in [0.05, 0.1) is 20.0 Å². The predicted molar refractivity (Wildman–Crippen MR) is 141 cm³/mol. The molecular weight excluding hydrogens is 458 g/mol. The van der Waals surface area contributed by atoms with Gasteiger partial charge in [0.1, 0.15) is 6.61 Å². The number of benzene rings is 2. The first kappa shape index (κ1) is 26.7. The summed E-state index contributed by atoms with van der Waals surface area (Å²) in [6, 6.07) is 15.9. The van der Waals surface area contributed by atoms with Crippen LogP contribution in [0.4, 0.5) is 4.79 Å². The molecule has 35 heavy (non-hydrogen) atoms. The molecule has 0 spiro atoms. The lowest BCUT2D eigenvalue weighted by Gasteiger charge is -2.39. The quantitative estimate of drug-likeness (QED) is 0.350. The monoisotopic (exact) mass is 497 g/mol. The van der Waals surface area contributed by atoms with Crippen LogP contribution in [0.3, 0.4) is 0 Å². The molecule has 7 heteroatoms. The number of nitrogens with zero attached hydrogens (tertiary/aromatic N) is 1. The third kappa shape index (κ3) is 7.27. The molecule has 2 aromatic rings. The number of hydrogen-bond donors (Lipinski definition) is 0. The Morgan fingerprint density at radius 2 is 1.74 bits per heavy atom. The summed E-state index contributed by atoms with van der Waals surface area (Å²) < 4.78 is 22.9. The molecule has 3 rings (SSSR count). The molecule has 1 unspecified atom stereocenters. The molecule has 0 bridgehead atoms. The summed E-state index contributed by atoms with van der Waals surface area (Å²) >= 11 is 0. The Labute approximate surface area is 211 Å².